The molecule has 0 amide bonds. The highest BCUT2D eigenvalue weighted by atomic mass is 79.9. The van der Waals surface area contributed by atoms with E-state index in [9.17, 15) is 4.39 Å². The van der Waals surface area contributed by atoms with Gasteiger partial charge in [-0.3, -0.25) is 0 Å². The normalized spacial score (nSPS) is 14.2. The zero-order valence-electron chi connectivity index (χ0n) is 11.1. The van der Waals surface area contributed by atoms with Crippen LogP contribution in [0.1, 0.15) is 17.5 Å². The van der Waals surface area contributed by atoms with E-state index >= 15 is 0 Å². The van der Waals surface area contributed by atoms with Gasteiger partial charge in [-0.15, -0.1) is 0 Å². The summed E-state index contributed by atoms with van der Waals surface area (Å²) in [5.41, 5.74) is 9.92. The molecule has 104 valence electrons. The summed E-state index contributed by atoms with van der Waals surface area (Å²) >= 11 is 3.29. The van der Waals surface area contributed by atoms with Crippen molar-refractivity contribution in [3.05, 3.63) is 57.8 Å². The minimum Gasteiger partial charge on any atom is -0.398 e. The molecule has 1 heterocycles. The summed E-state index contributed by atoms with van der Waals surface area (Å²) in [6, 6.07) is 11.2. The molecule has 2 nitrogen and oxygen atoms in total. The van der Waals surface area contributed by atoms with Crippen LogP contribution in [0.25, 0.3) is 0 Å². The smallest absolute Gasteiger partial charge is 0.129 e. The van der Waals surface area contributed by atoms with Crippen molar-refractivity contribution in [2.75, 3.05) is 17.2 Å². The van der Waals surface area contributed by atoms with E-state index in [0.717, 1.165) is 35.2 Å². The summed E-state index contributed by atoms with van der Waals surface area (Å²) in [5.74, 6) is -0.171. The second-order valence-corrected chi connectivity index (χ2v) is 6.02. The number of anilines is 2. The van der Waals surface area contributed by atoms with Gasteiger partial charge in [0.25, 0.3) is 0 Å². The number of nitrogens with two attached hydrogens (primary N) is 1. The molecule has 0 atom stereocenters. The maximum atomic E-state index is 14.0. The van der Waals surface area contributed by atoms with Gasteiger partial charge in [-0.25, -0.2) is 4.39 Å². The SMILES string of the molecule is Nc1cccc2c1CCCN2Cc1ccc(Br)cc1F. The molecule has 2 aromatic carbocycles. The summed E-state index contributed by atoms with van der Waals surface area (Å²) in [4.78, 5) is 2.21. The van der Waals surface area contributed by atoms with E-state index in [1.165, 1.54) is 11.6 Å². The highest BCUT2D eigenvalue weighted by molar-refractivity contribution is 9.10. The molecule has 20 heavy (non-hydrogen) atoms. The van der Waals surface area contributed by atoms with Gasteiger partial charge < -0.3 is 10.6 Å². The van der Waals surface area contributed by atoms with Crippen LogP contribution in [0, 0.1) is 5.82 Å². The number of hydrogen-bond acceptors (Lipinski definition) is 2. The Bertz CT molecular complexity index is 642. The lowest BCUT2D eigenvalue weighted by Crippen LogP contribution is -2.29. The standard InChI is InChI=1S/C16H16BrFN2/c17-12-7-6-11(14(18)9-12)10-20-8-2-3-13-15(19)4-1-5-16(13)20/h1,4-7,9H,2-3,8,10,19H2. The van der Waals surface area contributed by atoms with Crippen molar-refractivity contribution < 1.29 is 4.39 Å². The highest BCUT2D eigenvalue weighted by Gasteiger charge is 2.19. The second-order valence-electron chi connectivity index (χ2n) is 5.11. The fraction of sp³-hybridized carbons (Fsp3) is 0.250. The third-order valence-electron chi connectivity index (χ3n) is 3.76. The molecule has 0 saturated heterocycles. The topological polar surface area (TPSA) is 29.3 Å². The van der Waals surface area contributed by atoms with E-state index in [1.54, 1.807) is 0 Å². The monoisotopic (exact) mass is 334 g/mol. The van der Waals surface area contributed by atoms with E-state index < -0.39 is 0 Å². The van der Waals surface area contributed by atoms with Crippen LogP contribution in [0.3, 0.4) is 0 Å². The van der Waals surface area contributed by atoms with Crippen LogP contribution >= 0.6 is 15.9 Å². The van der Waals surface area contributed by atoms with Crippen molar-refractivity contribution in [2.45, 2.75) is 19.4 Å². The summed E-state index contributed by atoms with van der Waals surface area (Å²) in [5, 5.41) is 0. The quantitative estimate of drug-likeness (QED) is 0.837. The number of hydrogen-bond donors (Lipinski definition) is 1. The van der Waals surface area contributed by atoms with Crippen LogP contribution in [-0.2, 0) is 13.0 Å². The molecular formula is C16H16BrFN2. The van der Waals surface area contributed by atoms with Crippen LogP contribution in [0.5, 0.6) is 0 Å². The van der Waals surface area contributed by atoms with Crippen molar-refractivity contribution in [3.8, 4) is 0 Å². The average molecular weight is 335 g/mol. The van der Waals surface area contributed by atoms with Gasteiger partial charge in [-0.05, 0) is 42.7 Å². The van der Waals surface area contributed by atoms with E-state index in [1.807, 2.05) is 24.3 Å². The largest absolute Gasteiger partial charge is 0.398 e. The molecular weight excluding hydrogens is 319 g/mol. The number of benzene rings is 2. The van der Waals surface area contributed by atoms with Gasteiger partial charge in [0, 0.05) is 34.5 Å². The minimum absolute atomic E-state index is 0.171. The number of fused-ring (bicyclic) bond motifs is 1. The fourth-order valence-electron chi connectivity index (χ4n) is 2.75. The van der Waals surface area contributed by atoms with Gasteiger partial charge in [0.05, 0.1) is 0 Å². The molecule has 1 aliphatic heterocycles. The molecule has 3 rings (SSSR count). The zero-order valence-corrected chi connectivity index (χ0v) is 12.7. The molecule has 0 aliphatic carbocycles. The maximum absolute atomic E-state index is 14.0. The lowest BCUT2D eigenvalue weighted by molar-refractivity contribution is 0.597. The Morgan fingerprint density at radius 3 is 2.90 bits per heavy atom. The third-order valence-corrected chi connectivity index (χ3v) is 4.25. The summed E-state index contributed by atoms with van der Waals surface area (Å²) < 4.78 is 14.7. The first-order valence-electron chi connectivity index (χ1n) is 6.71. The molecule has 0 unspecified atom stereocenters. The van der Waals surface area contributed by atoms with Crippen molar-refractivity contribution in [3.63, 3.8) is 0 Å². The molecule has 0 fully saturated rings. The first kappa shape index (κ1) is 13.4. The van der Waals surface area contributed by atoms with Gasteiger partial charge in [-0.1, -0.05) is 28.1 Å². The van der Waals surface area contributed by atoms with Crippen LogP contribution in [0.2, 0.25) is 0 Å². The van der Waals surface area contributed by atoms with Gasteiger partial charge in [0.15, 0.2) is 0 Å². The molecule has 1 aliphatic rings. The number of halogens is 2. The molecule has 0 spiro atoms. The van der Waals surface area contributed by atoms with E-state index in [0.29, 0.717) is 12.1 Å². The Morgan fingerprint density at radius 2 is 2.10 bits per heavy atom. The number of nitrogen functional groups attached to an aromatic ring is 1. The zero-order chi connectivity index (χ0) is 14.1. The highest BCUT2D eigenvalue weighted by Crippen LogP contribution is 2.32. The Morgan fingerprint density at radius 1 is 1.25 bits per heavy atom. The van der Waals surface area contributed by atoms with Crippen LogP contribution in [0.15, 0.2) is 40.9 Å². The Labute approximate surface area is 126 Å². The van der Waals surface area contributed by atoms with Crippen LogP contribution in [-0.4, -0.2) is 6.54 Å². The first-order chi connectivity index (χ1) is 9.65. The third kappa shape index (κ3) is 2.52. The molecule has 0 aromatic heterocycles. The molecule has 0 bridgehead atoms. The number of nitrogens with zero attached hydrogens (tertiary/aromatic N) is 1. The van der Waals surface area contributed by atoms with Gasteiger partial charge >= 0.3 is 0 Å². The van der Waals surface area contributed by atoms with Gasteiger partial charge in [0.1, 0.15) is 5.82 Å². The molecule has 2 N–H and O–H groups in total. The predicted molar refractivity (Wildman–Crippen MR) is 84.3 cm³/mol. The van der Waals surface area contributed by atoms with Gasteiger partial charge in [-0.2, -0.15) is 0 Å². The van der Waals surface area contributed by atoms with Crippen molar-refractivity contribution in [1.82, 2.24) is 0 Å². The summed E-state index contributed by atoms with van der Waals surface area (Å²) in [6.07, 6.45) is 2.06. The molecule has 0 saturated carbocycles. The second kappa shape index (κ2) is 5.44. The molecule has 4 heteroatoms. The molecule has 2 aromatic rings. The minimum atomic E-state index is -0.171. The summed E-state index contributed by atoms with van der Waals surface area (Å²) in [7, 11) is 0. The van der Waals surface area contributed by atoms with Crippen LogP contribution < -0.4 is 10.6 Å². The van der Waals surface area contributed by atoms with E-state index in [4.69, 9.17) is 5.73 Å². The maximum Gasteiger partial charge on any atom is 0.129 e. The van der Waals surface area contributed by atoms with Crippen molar-refractivity contribution in [1.29, 1.82) is 0 Å². The summed E-state index contributed by atoms with van der Waals surface area (Å²) in [6.45, 7) is 1.52. The van der Waals surface area contributed by atoms with E-state index in [-0.39, 0.29) is 5.82 Å². The van der Waals surface area contributed by atoms with Crippen molar-refractivity contribution >= 4 is 27.3 Å². The molecule has 0 radical (unpaired) electrons. The Balaban J connectivity index is 1.91. The van der Waals surface area contributed by atoms with Crippen molar-refractivity contribution in [2.24, 2.45) is 0 Å². The number of rotatable bonds is 2. The van der Waals surface area contributed by atoms with Gasteiger partial charge in [0.2, 0.25) is 0 Å². The predicted octanol–water partition coefficient (Wildman–Crippen LogP) is 4.12. The average Bonchev–Trinajstić information content (AvgIpc) is 2.43. The Hall–Kier alpha value is -1.55. The van der Waals surface area contributed by atoms with E-state index in [2.05, 4.69) is 26.9 Å². The first-order valence-corrected chi connectivity index (χ1v) is 7.50. The lowest BCUT2D eigenvalue weighted by Gasteiger charge is -2.32. The Kier molecular flexibility index (Phi) is 3.66. The lowest BCUT2D eigenvalue weighted by atomic mass is 9.99. The fourth-order valence-corrected chi connectivity index (χ4v) is 3.08. The van der Waals surface area contributed by atoms with Crippen LogP contribution in [0.4, 0.5) is 15.8 Å².